The number of nitrogens with one attached hydrogen (secondary N) is 1. The van der Waals surface area contributed by atoms with Gasteiger partial charge in [0.2, 0.25) is 0 Å². The van der Waals surface area contributed by atoms with Crippen LogP contribution in [0.5, 0.6) is 0 Å². The Morgan fingerprint density at radius 2 is 2.14 bits per heavy atom. The van der Waals surface area contributed by atoms with Gasteiger partial charge in [-0.05, 0) is 12.1 Å². The maximum absolute atomic E-state index is 11.2. The molecule has 0 amide bonds. The van der Waals surface area contributed by atoms with Crippen LogP contribution in [0, 0.1) is 0 Å². The van der Waals surface area contributed by atoms with E-state index in [9.17, 15) is 4.79 Å². The smallest absolute Gasteiger partial charge is 0.269 e. The molecule has 0 bridgehead atoms. The van der Waals surface area contributed by atoms with Gasteiger partial charge >= 0.3 is 0 Å². The Balaban J connectivity index is 2.54. The summed E-state index contributed by atoms with van der Waals surface area (Å²) in [6.45, 7) is 0. The minimum absolute atomic E-state index is 0.0738. The van der Waals surface area contributed by atoms with E-state index in [0.29, 0.717) is 11.5 Å². The van der Waals surface area contributed by atoms with Crippen molar-refractivity contribution in [2.75, 3.05) is 0 Å². The van der Waals surface area contributed by atoms with Gasteiger partial charge in [0.15, 0.2) is 5.82 Å². The van der Waals surface area contributed by atoms with Crippen molar-refractivity contribution >= 4 is 11.6 Å². The molecule has 2 heterocycles. The van der Waals surface area contributed by atoms with Gasteiger partial charge in [0.25, 0.3) is 5.56 Å². The van der Waals surface area contributed by atoms with Crippen molar-refractivity contribution in [1.29, 1.82) is 0 Å². The van der Waals surface area contributed by atoms with Crippen molar-refractivity contribution in [3.8, 4) is 11.5 Å². The zero-order valence-electron chi connectivity index (χ0n) is 7.07. The fourth-order valence-electron chi connectivity index (χ4n) is 1.01. The largest absolute Gasteiger partial charge is 0.304 e. The van der Waals surface area contributed by atoms with Crippen molar-refractivity contribution in [2.24, 2.45) is 0 Å². The zero-order chi connectivity index (χ0) is 9.97. The summed E-state index contributed by atoms with van der Waals surface area (Å²) in [5.41, 5.74) is 0.253. The predicted molar refractivity (Wildman–Crippen MR) is 53.1 cm³/mol. The topological polar surface area (TPSA) is 58.6 Å². The number of halogens is 1. The monoisotopic (exact) mass is 207 g/mol. The summed E-state index contributed by atoms with van der Waals surface area (Å²) in [6.07, 6.45) is 2.94. The number of hydrogen-bond donors (Lipinski definition) is 1. The van der Waals surface area contributed by atoms with Crippen LogP contribution >= 0.6 is 11.6 Å². The molecule has 0 unspecified atom stereocenters. The maximum atomic E-state index is 11.2. The molecule has 2 aromatic rings. The van der Waals surface area contributed by atoms with E-state index in [0.717, 1.165) is 0 Å². The van der Waals surface area contributed by atoms with Crippen LogP contribution in [-0.2, 0) is 0 Å². The minimum Gasteiger partial charge on any atom is -0.304 e. The number of hydrogen-bond acceptors (Lipinski definition) is 3. The zero-order valence-corrected chi connectivity index (χ0v) is 7.82. The Labute approximate surface area is 84.6 Å². The number of pyridine rings is 1. The molecule has 14 heavy (non-hydrogen) atoms. The normalized spacial score (nSPS) is 10.1. The Morgan fingerprint density at radius 3 is 2.79 bits per heavy atom. The Morgan fingerprint density at radius 1 is 1.29 bits per heavy atom. The van der Waals surface area contributed by atoms with E-state index in [1.807, 2.05) is 6.07 Å². The fourth-order valence-corrected chi connectivity index (χ4v) is 1.11. The summed E-state index contributed by atoms with van der Waals surface area (Å²) in [7, 11) is 0. The van der Waals surface area contributed by atoms with Gasteiger partial charge in [0.1, 0.15) is 10.7 Å². The second-order valence-corrected chi connectivity index (χ2v) is 3.03. The number of rotatable bonds is 1. The minimum atomic E-state index is -0.359. The molecule has 70 valence electrons. The first-order chi connectivity index (χ1) is 6.77. The predicted octanol–water partition coefficient (Wildman–Crippen LogP) is 1.49. The molecule has 5 heteroatoms. The summed E-state index contributed by atoms with van der Waals surface area (Å²) in [6, 6.07) is 5.36. The van der Waals surface area contributed by atoms with Gasteiger partial charge in [0.05, 0.1) is 6.20 Å². The highest BCUT2D eigenvalue weighted by Crippen LogP contribution is 2.08. The van der Waals surface area contributed by atoms with Crippen molar-refractivity contribution in [1.82, 2.24) is 15.0 Å². The van der Waals surface area contributed by atoms with Crippen LogP contribution in [0.25, 0.3) is 11.5 Å². The lowest BCUT2D eigenvalue weighted by molar-refractivity contribution is 1.10. The molecular weight excluding hydrogens is 202 g/mol. The highest BCUT2D eigenvalue weighted by Gasteiger charge is 2.02. The van der Waals surface area contributed by atoms with Crippen molar-refractivity contribution in [2.45, 2.75) is 0 Å². The van der Waals surface area contributed by atoms with Gasteiger partial charge in [-0.15, -0.1) is 0 Å². The van der Waals surface area contributed by atoms with E-state index >= 15 is 0 Å². The van der Waals surface area contributed by atoms with Gasteiger partial charge in [-0.3, -0.25) is 9.78 Å². The maximum Gasteiger partial charge on any atom is 0.269 e. The van der Waals surface area contributed by atoms with Crippen LogP contribution in [0.3, 0.4) is 0 Å². The van der Waals surface area contributed by atoms with E-state index < -0.39 is 0 Å². The molecule has 0 aliphatic rings. The SMILES string of the molecule is O=c1[nH]c(-c2ccccn2)ncc1Cl. The Kier molecular flexibility index (Phi) is 2.28. The molecule has 0 atom stereocenters. The molecule has 0 saturated heterocycles. The van der Waals surface area contributed by atoms with Crippen molar-refractivity contribution in [3.63, 3.8) is 0 Å². The highest BCUT2D eigenvalue weighted by molar-refractivity contribution is 6.30. The third-order valence-corrected chi connectivity index (χ3v) is 1.93. The second kappa shape index (κ2) is 3.59. The molecule has 2 aromatic heterocycles. The average Bonchev–Trinajstić information content (AvgIpc) is 2.23. The molecule has 0 saturated carbocycles. The van der Waals surface area contributed by atoms with Crippen molar-refractivity contribution < 1.29 is 0 Å². The third kappa shape index (κ3) is 1.65. The second-order valence-electron chi connectivity index (χ2n) is 2.62. The molecule has 0 aromatic carbocycles. The lowest BCUT2D eigenvalue weighted by Crippen LogP contribution is -2.08. The summed E-state index contributed by atoms with van der Waals surface area (Å²) in [5.74, 6) is 0.417. The van der Waals surface area contributed by atoms with Gasteiger partial charge in [-0.25, -0.2) is 4.98 Å². The fraction of sp³-hybridized carbons (Fsp3) is 0. The highest BCUT2D eigenvalue weighted by atomic mass is 35.5. The first-order valence-corrected chi connectivity index (χ1v) is 4.31. The summed E-state index contributed by atoms with van der Waals surface area (Å²) < 4.78 is 0. The van der Waals surface area contributed by atoms with Gasteiger partial charge in [-0.1, -0.05) is 17.7 Å². The molecule has 0 aliphatic carbocycles. The van der Waals surface area contributed by atoms with Crippen LogP contribution in [0.15, 0.2) is 35.4 Å². The van der Waals surface area contributed by atoms with E-state index in [1.165, 1.54) is 6.20 Å². The molecule has 4 nitrogen and oxygen atoms in total. The summed E-state index contributed by atoms with van der Waals surface area (Å²) >= 11 is 5.54. The molecular formula is C9H6ClN3O. The van der Waals surface area contributed by atoms with Gasteiger partial charge < -0.3 is 4.98 Å². The quantitative estimate of drug-likeness (QED) is 0.771. The molecule has 0 aliphatic heterocycles. The Hall–Kier alpha value is -1.68. The Bertz CT molecular complexity index is 495. The molecule has 0 fully saturated rings. The molecule has 0 spiro atoms. The number of nitrogens with zero attached hydrogens (tertiary/aromatic N) is 2. The lowest BCUT2D eigenvalue weighted by atomic mass is 10.3. The number of H-pyrrole nitrogens is 1. The average molecular weight is 208 g/mol. The summed E-state index contributed by atoms with van der Waals surface area (Å²) in [4.78, 5) is 21.7. The molecule has 1 N–H and O–H groups in total. The van der Waals surface area contributed by atoms with E-state index in [4.69, 9.17) is 11.6 Å². The van der Waals surface area contributed by atoms with Crippen LogP contribution in [0.4, 0.5) is 0 Å². The van der Waals surface area contributed by atoms with Gasteiger partial charge in [0, 0.05) is 6.20 Å². The van der Waals surface area contributed by atoms with Crippen LogP contribution in [-0.4, -0.2) is 15.0 Å². The van der Waals surface area contributed by atoms with Crippen LogP contribution < -0.4 is 5.56 Å². The first kappa shape index (κ1) is 8.90. The van der Waals surface area contributed by atoms with Crippen LogP contribution in [0.2, 0.25) is 5.02 Å². The van der Waals surface area contributed by atoms with Gasteiger partial charge in [-0.2, -0.15) is 0 Å². The first-order valence-electron chi connectivity index (χ1n) is 3.93. The number of aromatic amines is 1. The number of aromatic nitrogens is 3. The van der Waals surface area contributed by atoms with E-state index in [1.54, 1.807) is 18.3 Å². The van der Waals surface area contributed by atoms with Crippen LogP contribution in [0.1, 0.15) is 0 Å². The lowest BCUT2D eigenvalue weighted by Gasteiger charge is -1.97. The van der Waals surface area contributed by atoms with E-state index in [-0.39, 0.29) is 10.6 Å². The summed E-state index contributed by atoms with van der Waals surface area (Å²) in [5, 5.41) is 0.0738. The van der Waals surface area contributed by atoms with Crippen molar-refractivity contribution in [3.05, 3.63) is 46.0 Å². The van der Waals surface area contributed by atoms with E-state index in [2.05, 4.69) is 15.0 Å². The molecule has 2 rings (SSSR count). The third-order valence-electron chi connectivity index (χ3n) is 1.66. The molecule has 0 radical (unpaired) electrons. The standard InChI is InChI=1S/C9H6ClN3O/c10-6-5-12-8(13-9(6)14)7-3-1-2-4-11-7/h1-5H,(H,12,13,14).